The summed E-state index contributed by atoms with van der Waals surface area (Å²) in [6.07, 6.45) is 2.32. The number of pyridine rings is 1. The third-order valence-corrected chi connectivity index (χ3v) is 1.82. The molecule has 0 atom stereocenters. The molecule has 0 aliphatic carbocycles. The zero-order valence-electron chi connectivity index (χ0n) is 6.04. The molecule has 0 radical (unpaired) electrons. The van der Waals surface area contributed by atoms with Crippen LogP contribution in [0.2, 0.25) is 5.15 Å². The van der Waals surface area contributed by atoms with Gasteiger partial charge in [0.05, 0.1) is 5.52 Å². The molecule has 2 aromatic rings. The van der Waals surface area contributed by atoms with Crippen LogP contribution in [0.4, 0.5) is 0 Å². The fourth-order valence-corrected chi connectivity index (χ4v) is 1.29. The van der Waals surface area contributed by atoms with E-state index in [0.717, 1.165) is 10.9 Å². The number of carbonyl (C=O) groups excluding carboxylic acids is 1. The van der Waals surface area contributed by atoms with Crippen LogP contribution in [0.3, 0.4) is 0 Å². The molecule has 2 rings (SSSR count). The van der Waals surface area contributed by atoms with Crippen molar-refractivity contribution in [3.05, 3.63) is 29.2 Å². The molecule has 0 unspecified atom stereocenters. The van der Waals surface area contributed by atoms with Crippen LogP contribution in [0.15, 0.2) is 18.3 Å². The normalized spacial score (nSPS) is 10.4. The van der Waals surface area contributed by atoms with Gasteiger partial charge in [0.2, 0.25) is 0 Å². The lowest BCUT2D eigenvalue weighted by Crippen LogP contribution is -1.83. The van der Waals surface area contributed by atoms with Gasteiger partial charge in [-0.1, -0.05) is 11.6 Å². The summed E-state index contributed by atoms with van der Waals surface area (Å²) in [5, 5.41) is 1.46. The molecule has 3 nitrogen and oxygen atoms in total. The van der Waals surface area contributed by atoms with Crippen LogP contribution >= 0.6 is 11.6 Å². The highest BCUT2D eigenvalue weighted by atomic mass is 35.5. The third-order valence-electron chi connectivity index (χ3n) is 1.61. The van der Waals surface area contributed by atoms with Crippen LogP contribution in [0.5, 0.6) is 0 Å². The van der Waals surface area contributed by atoms with Crippen molar-refractivity contribution in [2.45, 2.75) is 0 Å². The van der Waals surface area contributed by atoms with E-state index < -0.39 is 0 Å². The molecule has 0 fully saturated rings. The highest BCUT2D eigenvalue weighted by Gasteiger charge is 1.99. The quantitative estimate of drug-likeness (QED) is 0.683. The Morgan fingerprint density at radius 3 is 3.08 bits per heavy atom. The van der Waals surface area contributed by atoms with E-state index in [1.165, 1.54) is 0 Å². The molecule has 0 aromatic carbocycles. The van der Waals surface area contributed by atoms with Crippen LogP contribution in [0.25, 0.3) is 10.9 Å². The number of aromatic nitrogens is 2. The second kappa shape index (κ2) is 2.60. The van der Waals surface area contributed by atoms with Crippen molar-refractivity contribution in [2.75, 3.05) is 0 Å². The van der Waals surface area contributed by atoms with Crippen LogP contribution < -0.4 is 0 Å². The maximum absolute atomic E-state index is 10.3. The molecular weight excluding hydrogens is 176 g/mol. The number of carbonyl (C=O) groups is 1. The van der Waals surface area contributed by atoms with Crippen molar-refractivity contribution in [1.82, 2.24) is 9.97 Å². The van der Waals surface area contributed by atoms with Gasteiger partial charge in [-0.2, -0.15) is 0 Å². The van der Waals surface area contributed by atoms with Gasteiger partial charge in [-0.05, 0) is 12.1 Å². The second-order valence-corrected chi connectivity index (χ2v) is 2.84. The maximum Gasteiger partial charge on any atom is 0.168 e. The summed E-state index contributed by atoms with van der Waals surface area (Å²) in [5.74, 6) is 0. The summed E-state index contributed by atoms with van der Waals surface area (Å²) in [7, 11) is 0. The summed E-state index contributed by atoms with van der Waals surface area (Å²) in [4.78, 5) is 17.1. The summed E-state index contributed by atoms with van der Waals surface area (Å²) in [6.45, 7) is 0. The lowest BCUT2D eigenvalue weighted by molar-refractivity contribution is 0.111. The molecule has 2 aromatic heterocycles. The largest absolute Gasteiger partial charge is 0.346 e. The van der Waals surface area contributed by atoms with Crippen LogP contribution in [-0.2, 0) is 0 Å². The number of H-pyrrole nitrogens is 1. The fraction of sp³-hybridized carbons (Fsp3) is 0. The topological polar surface area (TPSA) is 45.8 Å². The van der Waals surface area contributed by atoms with Gasteiger partial charge in [0.25, 0.3) is 0 Å². The lowest BCUT2D eigenvalue weighted by Gasteiger charge is -1.89. The molecule has 12 heavy (non-hydrogen) atoms. The Kier molecular flexibility index (Phi) is 1.59. The molecule has 0 aliphatic rings. The molecule has 0 saturated carbocycles. The Balaban J connectivity index is 2.74. The number of nitrogens with zero attached hydrogens (tertiary/aromatic N) is 1. The van der Waals surface area contributed by atoms with E-state index in [4.69, 9.17) is 11.6 Å². The second-order valence-electron chi connectivity index (χ2n) is 2.43. The van der Waals surface area contributed by atoms with Gasteiger partial charge in [0, 0.05) is 11.6 Å². The van der Waals surface area contributed by atoms with E-state index in [9.17, 15) is 4.79 Å². The molecular formula is C8H5ClN2O. The number of aldehydes is 1. The fourth-order valence-electron chi connectivity index (χ4n) is 1.07. The first-order valence-corrected chi connectivity index (χ1v) is 3.77. The standard InChI is InChI=1S/C8H5ClN2O/c9-8-1-5-3-10-6(4-12)2-7(5)11-8/h1-4,11H. The SMILES string of the molecule is O=Cc1cc2[nH]c(Cl)cc2cn1. The lowest BCUT2D eigenvalue weighted by atomic mass is 10.3. The zero-order valence-corrected chi connectivity index (χ0v) is 6.80. The van der Waals surface area contributed by atoms with E-state index in [-0.39, 0.29) is 0 Å². The van der Waals surface area contributed by atoms with Gasteiger partial charge in [-0.3, -0.25) is 9.78 Å². The number of rotatable bonds is 1. The van der Waals surface area contributed by atoms with E-state index in [0.29, 0.717) is 17.1 Å². The Morgan fingerprint density at radius 1 is 1.50 bits per heavy atom. The Hall–Kier alpha value is -1.35. The third kappa shape index (κ3) is 1.08. The Bertz CT molecular complexity index is 436. The number of hydrogen-bond donors (Lipinski definition) is 1. The number of hydrogen-bond acceptors (Lipinski definition) is 2. The van der Waals surface area contributed by atoms with Crippen molar-refractivity contribution < 1.29 is 4.79 Å². The molecule has 2 heterocycles. The first-order chi connectivity index (χ1) is 5.79. The molecule has 4 heteroatoms. The van der Waals surface area contributed by atoms with Crippen molar-refractivity contribution in [3.63, 3.8) is 0 Å². The summed E-state index contributed by atoms with van der Waals surface area (Å²) >= 11 is 5.71. The monoisotopic (exact) mass is 180 g/mol. The summed E-state index contributed by atoms with van der Waals surface area (Å²) < 4.78 is 0. The van der Waals surface area contributed by atoms with Gasteiger partial charge in [0.1, 0.15) is 10.8 Å². The predicted octanol–water partition coefficient (Wildman–Crippen LogP) is 2.03. The average Bonchev–Trinajstić information content (AvgIpc) is 2.43. The predicted molar refractivity (Wildman–Crippen MR) is 46.5 cm³/mol. The van der Waals surface area contributed by atoms with Gasteiger partial charge in [-0.15, -0.1) is 0 Å². The minimum absolute atomic E-state index is 0.404. The van der Waals surface area contributed by atoms with Crippen LogP contribution in [0, 0.1) is 0 Å². The first-order valence-electron chi connectivity index (χ1n) is 3.39. The highest BCUT2D eigenvalue weighted by molar-refractivity contribution is 6.30. The average molecular weight is 181 g/mol. The van der Waals surface area contributed by atoms with Crippen molar-refractivity contribution >= 4 is 28.8 Å². The Labute approximate surface area is 73.4 Å². The molecule has 0 amide bonds. The molecule has 60 valence electrons. The minimum atomic E-state index is 0.404. The van der Waals surface area contributed by atoms with Gasteiger partial charge in [-0.25, -0.2) is 0 Å². The van der Waals surface area contributed by atoms with E-state index >= 15 is 0 Å². The van der Waals surface area contributed by atoms with Crippen molar-refractivity contribution in [3.8, 4) is 0 Å². The highest BCUT2D eigenvalue weighted by Crippen LogP contribution is 2.17. The molecule has 0 spiro atoms. The van der Waals surface area contributed by atoms with Crippen LogP contribution in [0.1, 0.15) is 10.5 Å². The number of fused-ring (bicyclic) bond motifs is 1. The van der Waals surface area contributed by atoms with E-state index in [1.54, 1.807) is 18.3 Å². The van der Waals surface area contributed by atoms with Gasteiger partial charge >= 0.3 is 0 Å². The summed E-state index contributed by atoms with van der Waals surface area (Å²) in [6, 6.07) is 3.42. The number of aromatic amines is 1. The minimum Gasteiger partial charge on any atom is -0.346 e. The molecule has 0 bridgehead atoms. The molecule has 1 N–H and O–H groups in total. The smallest absolute Gasteiger partial charge is 0.168 e. The van der Waals surface area contributed by atoms with Crippen molar-refractivity contribution in [1.29, 1.82) is 0 Å². The van der Waals surface area contributed by atoms with Gasteiger partial charge in [0.15, 0.2) is 6.29 Å². The molecule has 0 aliphatic heterocycles. The maximum atomic E-state index is 10.3. The van der Waals surface area contributed by atoms with E-state index in [1.807, 2.05) is 0 Å². The first kappa shape index (κ1) is 7.31. The van der Waals surface area contributed by atoms with Crippen LogP contribution in [-0.4, -0.2) is 16.3 Å². The number of nitrogens with one attached hydrogen (secondary N) is 1. The number of halogens is 1. The van der Waals surface area contributed by atoms with E-state index in [2.05, 4.69) is 9.97 Å². The molecule has 0 saturated heterocycles. The zero-order chi connectivity index (χ0) is 8.55. The van der Waals surface area contributed by atoms with Crippen molar-refractivity contribution in [2.24, 2.45) is 0 Å². The van der Waals surface area contributed by atoms with Gasteiger partial charge < -0.3 is 4.98 Å². The summed E-state index contributed by atoms with van der Waals surface area (Å²) in [5.41, 5.74) is 1.23. The Morgan fingerprint density at radius 2 is 2.33 bits per heavy atom.